The van der Waals surface area contributed by atoms with Crippen LogP contribution in [0.5, 0.6) is 0 Å². The second-order valence-corrected chi connectivity index (χ2v) is 3.11. The first-order valence-electron chi connectivity index (χ1n) is 3.62. The molecule has 2 aliphatic rings. The molecule has 0 aromatic rings. The van der Waals surface area contributed by atoms with Crippen molar-refractivity contribution in [2.45, 2.75) is 25.8 Å². The van der Waals surface area contributed by atoms with Crippen LogP contribution < -0.4 is 0 Å². The Morgan fingerprint density at radius 3 is 2.00 bits per heavy atom. The molecule has 2 saturated heterocycles. The van der Waals surface area contributed by atoms with Gasteiger partial charge >= 0.3 is 0 Å². The predicted molar refractivity (Wildman–Crippen MR) is 33.8 cm³/mol. The molecule has 0 N–H and O–H groups in total. The molecule has 1 unspecified atom stereocenters. The molecular formula is C7H13N. The molecule has 0 radical (unpaired) electrons. The summed E-state index contributed by atoms with van der Waals surface area (Å²) in [6.07, 6.45) is 2.95. The van der Waals surface area contributed by atoms with Crippen molar-refractivity contribution in [2.75, 3.05) is 13.1 Å². The third-order valence-corrected chi connectivity index (χ3v) is 2.83. The molecule has 2 rings (SSSR count). The van der Waals surface area contributed by atoms with Gasteiger partial charge in [-0.1, -0.05) is 0 Å². The maximum atomic E-state index is 2.60. The van der Waals surface area contributed by atoms with Crippen LogP contribution >= 0.6 is 0 Å². The monoisotopic (exact) mass is 111 g/mol. The van der Waals surface area contributed by atoms with E-state index < -0.39 is 0 Å². The first-order chi connectivity index (χ1) is 3.88. The molecule has 2 aliphatic heterocycles. The van der Waals surface area contributed by atoms with E-state index in [-0.39, 0.29) is 0 Å². The second-order valence-electron chi connectivity index (χ2n) is 3.11. The van der Waals surface area contributed by atoms with Gasteiger partial charge in [-0.2, -0.15) is 0 Å². The topological polar surface area (TPSA) is 3.24 Å². The predicted octanol–water partition coefficient (Wildman–Crippen LogP) is 1.10. The Bertz CT molecular complexity index is 80.6. The fraction of sp³-hybridized carbons (Fsp3) is 1.00. The van der Waals surface area contributed by atoms with Crippen LogP contribution in [0.25, 0.3) is 0 Å². The number of piperidine rings is 1. The third-order valence-electron chi connectivity index (χ3n) is 2.83. The Hall–Kier alpha value is -0.0400. The first kappa shape index (κ1) is 4.80. The van der Waals surface area contributed by atoms with Crippen molar-refractivity contribution in [1.29, 1.82) is 0 Å². The zero-order valence-corrected chi connectivity index (χ0v) is 5.43. The summed E-state index contributed by atoms with van der Waals surface area (Å²) in [6, 6.07) is 0.926. The number of rotatable bonds is 0. The summed E-state index contributed by atoms with van der Waals surface area (Å²) in [7, 11) is 0. The van der Waals surface area contributed by atoms with E-state index in [1.54, 1.807) is 0 Å². The van der Waals surface area contributed by atoms with E-state index in [0.717, 1.165) is 12.0 Å². The molecule has 2 fully saturated rings. The van der Waals surface area contributed by atoms with Crippen molar-refractivity contribution in [3.8, 4) is 0 Å². The Morgan fingerprint density at radius 1 is 1.25 bits per heavy atom. The van der Waals surface area contributed by atoms with Crippen molar-refractivity contribution < 1.29 is 0 Å². The van der Waals surface area contributed by atoms with Crippen molar-refractivity contribution in [3.05, 3.63) is 0 Å². The lowest BCUT2D eigenvalue weighted by atomic mass is 10.0. The summed E-state index contributed by atoms with van der Waals surface area (Å²) < 4.78 is 0. The van der Waals surface area contributed by atoms with Crippen LogP contribution in [-0.2, 0) is 0 Å². The van der Waals surface area contributed by atoms with E-state index >= 15 is 0 Å². The van der Waals surface area contributed by atoms with Gasteiger partial charge in [-0.3, -0.25) is 0 Å². The molecule has 0 aliphatic carbocycles. The molecule has 0 aromatic carbocycles. The maximum Gasteiger partial charge on any atom is 0.00961 e. The highest BCUT2D eigenvalue weighted by molar-refractivity contribution is 4.90. The maximum absolute atomic E-state index is 2.60. The zero-order valence-electron chi connectivity index (χ0n) is 5.43. The van der Waals surface area contributed by atoms with E-state index in [1.807, 2.05) is 0 Å². The highest BCUT2D eigenvalue weighted by atomic mass is 15.2. The summed E-state index contributed by atoms with van der Waals surface area (Å²) in [5, 5.41) is 0. The molecule has 1 atom stereocenters. The highest BCUT2D eigenvalue weighted by Gasteiger charge is 2.35. The summed E-state index contributed by atoms with van der Waals surface area (Å²) in [5.41, 5.74) is 0. The van der Waals surface area contributed by atoms with E-state index in [9.17, 15) is 0 Å². The van der Waals surface area contributed by atoms with Gasteiger partial charge in [-0.05, 0) is 38.8 Å². The summed E-state index contributed by atoms with van der Waals surface area (Å²) >= 11 is 0. The lowest BCUT2D eigenvalue weighted by Gasteiger charge is -2.12. The van der Waals surface area contributed by atoms with E-state index in [2.05, 4.69) is 11.8 Å². The van der Waals surface area contributed by atoms with Crippen LogP contribution in [0.3, 0.4) is 0 Å². The molecule has 2 heterocycles. The van der Waals surface area contributed by atoms with Gasteiger partial charge in [0.05, 0.1) is 0 Å². The van der Waals surface area contributed by atoms with Crippen LogP contribution in [-0.4, -0.2) is 24.0 Å². The molecule has 2 bridgehead atoms. The number of hydrogen-bond donors (Lipinski definition) is 0. The lowest BCUT2D eigenvalue weighted by molar-refractivity contribution is 0.315. The van der Waals surface area contributed by atoms with Gasteiger partial charge in [0.15, 0.2) is 0 Å². The van der Waals surface area contributed by atoms with Gasteiger partial charge in [0.2, 0.25) is 0 Å². The Morgan fingerprint density at radius 2 is 1.88 bits per heavy atom. The largest absolute Gasteiger partial charge is 0.300 e. The van der Waals surface area contributed by atoms with Crippen LogP contribution in [0.2, 0.25) is 0 Å². The molecule has 8 heavy (non-hydrogen) atoms. The summed E-state index contributed by atoms with van der Waals surface area (Å²) in [5.74, 6) is 1.06. The van der Waals surface area contributed by atoms with Gasteiger partial charge in [-0.15, -0.1) is 0 Å². The number of hydrogen-bond acceptors (Lipinski definition) is 1. The van der Waals surface area contributed by atoms with Crippen molar-refractivity contribution in [2.24, 2.45) is 5.92 Å². The SMILES string of the molecule is CC1C2CCN1CC2. The average Bonchev–Trinajstić information content (AvgIpc) is 2.29. The van der Waals surface area contributed by atoms with E-state index in [1.165, 1.54) is 25.9 Å². The minimum absolute atomic E-state index is 0.926. The second kappa shape index (κ2) is 1.47. The molecule has 1 nitrogen and oxygen atoms in total. The summed E-state index contributed by atoms with van der Waals surface area (Å²) in [4.78, 5) is 2.60. The molecule has 1 heteroatoms. The minimum atomic E-state index is 0.926. The Labute approximate surface area is 50.7 Å². The van der Waals surface area contributed by atoms with Crippen molar-refractivity contribution in [1.82, 2.24) is 4.90 Å². The Balaban J connectivity index is 2.16. The smallest absolute Gasteiger partial charge is 0.00961 e. The molecule has 0 aromatic heterocycles. The first-order valence-corrected chi connectivity index (χ1v) is 3.62. The van der Waals surface area contributed by atoms with Gasteiger partial charge < -0.3 is 4.90 Å². The van der Waals surface area contributed by atoms with E-state index in [4.69, 9.17) is 0 Å². The van der Waals surface area contributed by atoms with Crippen LogP contribution in [0.1, 0.15) is 19.8 Å². The summed E-state index contributed by atoms with van der Waals surface area (Å²) in [6.45, 7) is 5.13. The van der Waals surface area contributed by atoms with E-state index in [0.29, 0.717) is 0 Å². The van der Waals surface area contributed by atoms with Gasteiger partial charge in [0.25, 0.3) is 0 Å². The molecule has 0 amide bonds. The zero-order chi connectivity index (χ0) is 5.56. The van der Waals surface area contributed by atoms with Gasteiger partial charge in [0, 0.05) is 6.04 Å². The van der Waals surface area contributed by atoms with Crippen LogP contribution in [0, 0.1) is 5.92 Å². The Kier molecular flexibility index (Phi) is 0.884. The molecule has 0 saturated carbocycles. The molecule has 46 valence electrons. The molecule has 0 spiro atoms. The normalized spacial score (nSPS) is 52.9. The van der Waals surface area contributed by atoms with Crippen LogP contribution in [0.15, 0.2) is 0 Å². The number of fused-ring (bicyclic) bond motifs is 2. The standard InChI is InChI=1S/C7H13N/c1-6-7-2-4-8(6)5-3-7/h6-7H,2-5H2,1H3. The minimum Gasteiger partial charge on any atom is -0.300 e. The van der Waals surface area contributed by atoms with Crippen molar-refractivity contribution in [3.63, 3.8) is 0 Å². The number of nitrogens with zero attached hydrogens (tertiary/aromatic N) is 1. The van der Waals surface area contributed by atoms with Gasteiger partial charge in [0.1, 0.15) is 0 Å². The quantitative estimate of drug-likeness (QED) is 0.452. The van der Waals surface area contributed by atoms with Crippen molar-refractivity contribution >= 4 is 0 Å². The van der Waals surface area contributed by atoms with Gasteiger partial charge in [-0.25, -0.2) is 0 Å². The average molecular weight is 111 g/mol. The van der Waals surface area contributed by atoms with Crippen LogP contribution in [0.4, 0.5) is 0 Å². The fourth-order valence-electron chi connectivity index (χ4n) is 2.11. The fourth-order valence-corrected chi connectivity index (χ4v) is 2.11. The molecular weight excluding hydrogens is 98.1 g/mol. The highest BCUT2D eigenvalue weighted by Crippen LogP contribution is 2.33. The third kappa shape index (κ3) is 0.455. The lowest BCUT2D eigenvalue weighted by Crippen LogP contribution is -2.22.